The van der Waals surface area contributed by atoms with E-state index in [1.54, 1.807) is 48.5 Å². The van der Waals surface area contributed by atoms with Crippen molar-refractivity contribution < 1.29 is 14.3 Å². The molecule has 3 aromatic rings. The smallest absolute Gasteiger partial charge is 0.282 e. The zero-order chi connectivity index (χ0) is 23.5. The number of nitrogens with zero attached hydrogens (tertiary/aromatic N) is 2. The van der Waals surface area contributed by atoms with Crippen molar-refractivity contribution in [2.24, 2.45) is 0 Å². The van der Waals surface area contributed by atoms with E-state index in [1.807, 2.05) is 45.0 Å². The standard InChI is InChI=1S/C27H23N3O3/c1-4-33-23-11-7-20(8-12-23)24-25(29-21-14-17(2)13-18(3)15-21)27(32)30(26(24)31)22-9-5-19(16-28)6-10-22/h5-15,29H,4H2,1-3H3. The van der Waals surface area contributed by atoms with Gasteiger partial charge in [-0.25, -0.2) is 4.90 Å². The molecule has 164 valence electrons. The fraction of sp³-hybridized carbons (Fsp3) is 0.148. The Morgan fingerprint density at radius 3 is 2.12 bits per heavy atom. The van der Waals surface area contributed by atoms with Gasteiger partial charge in [-0.3, -0.25) is 9.59 Å². The average Bonchev–Trinajstić information content (AvgIpc) is 3.03. The molecule has 6 nitrogen and oxygen atoms in total. The predicted octanol–water partition coefficient (Wildman–Crippen LogP) is 4.97. The molecule has 0 aliphatic carbocycles. The number of hydrogen-bond donors (Lipinski definition) is 1. The number of rotatable bonds is 6. The number of anilines is 2. The van der Waals surface area contributed by atoms with Crippen LogP contribution in [0.5, 0.6) is 5.75 Å². The topological polar surface area (TPSA) is 82.4 Å². The minimum atomic E-state index is -0.451. The summed E-state index contributed by atoms with van der Waals surface area (Å²) in [5.41, 5.74) is 4.78. The molecule has 0 saturated heterocycles. The summed E-state index contributed by atoms with van der Waals surface area (Å²) in [6.07, 6.45) is 0. The zero-order valence-electron chi connectivity index (χ0n) is 18.7. The second-order valence-corrected chi connectivity index (χ2v) is 7.81. The van der Waals surface area contributed by atoms with Crippen LogP contribution in [-0.2, 0) is 9.59 Å². The maximum Gasteiger partial charge on any atom is 0.282 e. The van der Waals surface area contributed by atoms with E-state index in [4.69, 9.17) is 10.00 Å². The fourth-order valence-corrected chi connectivity index (χ4v) is 3.91. The summed E-state index contributed by atoms with van der Waals surface area (Å²) >= 11 is 0. The molecule has 0 atom stereocenters. The lowest BCUT2D eigenvalue weighted by atomic mass is 10.0. The molecule has 0 saturated carbocycles. The Morgan fingerprint density at radius 2 is 1.55 bits per heavy atom. The highest BCUT2D eigenvalue weighted by Crippen LogP contribution is 2.34. The summed E-state index contributed by atoms with van der Waals surface area (Å²) in [6, 6.07) is 21.4. The third kappa shape index (κ3) is 4.35. The molecule has 1 N–H and O–H groups in total. The van der Waals surface area contributed by atoms with Crippen LogP contribution in [0.2, 0.25) is 0 Å². The van der Waals surface area contributed by atoms with Gasteiger partial charge in [-0.05, 0) is 86.0 Å². The largest absolute Gasteiger partial charge is 0.494 e. The molecular weight excluding hydrogens is 414 g/mol. The Bertz CT molecular complexity index is 1280. The van der Waals surface area contributed by atoms with Crippen LogP contribution < -0.4 is 15.0 Å². The van der Waals surface area contributed by atoms with Crippen LogP contribution in [0.25, 0.3) is 5.57 Å². The number of imide groups is 1. The molecule has 0 unspecified atom stereocenters. The third-order valence-electron chi connectivity index (χ3n) is 5.28. The van der Waals surface area contributed by atoms with Gasteiger partial charge in [0.1, 0.15) is 11.4 Å². The lowest BCUT2D eigenvalue weighted by Gasteiger charge is -2.15. The number of carbonyl (C=O) groups excluding carboxylic acids is 2. The van der Waals surface area contributed by atoms with Crippen LogP contribution in [0, 0.1) is 25.2 Å². The lowest BCUT2D eigenvalue weighted by molar-refractivity contribution is -0.120. The Labute approximate surface area is 192 Å². The molecule has 0 radical (unpaired) electrons. The number of amides is 2. The van der Waals surface area contributed by atoms with E-state index in [2.05, 4.69) is 5.32 Å². The fourth-order valence-electron chi connectivity index (χ4n) is 3.91. The normalized spacial score (nSPS) is 13.3. The summed E-state index contributed by atoms with van der Waals surface area (Å²) in [4.78, 5) is 28.2. The van der Waals surface area contributed by atoms with Crippen LogP contribution in [-0.4, -0.2) is 18.4 Å². The highest BCUT2D eigenvalue weighted by atomic mass is 16.5. The van der Waals surface area contributed by atoms with Gasteiger partial charge < -0.3 is 10.1 Å². The molecule has 0 aromatic heterocycles. The van der Waals surface area contributed by atoms with Gasteiger partial charge >= 0.3 is 0 Å². The maximum absolute atomic E-state index is 13.5. The maximum atomic E-state index is 13.5. The quantitative estimate of drug-likeness (QED) is 0.551. The number of nitrogens with one attached hydrogen (secondary N) is 1. The van der Waals surface area contributed by atoms with Crippen molar-refractivity contribution in [2.75, 3.05) is 16.8 Å². The Morgan fingerprint density at radius 1 is 0.909 bits per heavy atom. The van der Waals surface area contributed by atoms with E-state index in [-0.39, 0.29) is 11.3 Å². The van der Waals surface area contributed by atoms with Crippen molar-refractivity contribution in [1.82, 2.24) is 0 Å². The summed E-state index contributed by atoms with van der Waals surface area (Å²) < 4.78 is 5.51. The molecule has 1 aliphatic rings. The molecule has 0 bridgehead atoms. The minimum absolute atomic E-state index is 0.207. The first-order chi connectivity index (χ1) is 15.9. The Kier molecular flexibility index (Phi) is 5.97. The van der Waals surface area contributed by atoms with E-state index >= 15 is 0 Å². The summed E-state index contributed by atoms with van der Waals surface area (Å²) in [7, 11) is 0. The third-order valence-corrected chi connectivity index (χ3v) is 5.28. The van der Waals surface area contributed by atoms with Crippen molar-refractivity contribution >= 4 is 28.8 Å². The van der Waals surface area contributed by atoms with E-state index in [9.17, 15) is 9.59 Å². The van der Waals surface area contributed by atoms with Crippen molar-refractivity contribution in [3.8, 4) is 11.8 Å². The molecule has 0 spiro atoms. The molecular formula is C27H23N3O3. The number of aryl methyl sites for hydroxylation is 2. The highest BCUT2D eigenvalue weighted by molar-refractivity contribution is 6.46. The number of ether oxygens (including phenoxy) is 1. The number of carbonyl (C=O) groups is 2. The van der Waals surface area contributed by atoms with E-state index in [0.29, 0.717) is 29.2 Å². The Hall–Kier alpha value is -4.37. The van der Waals surface area contributed by atoms with E-state index in [1.165, 1.54) is 0 Å². The van der Waals surface area contributed by atoms with Crippen molar-refractivity contribution in [2.45, 2.75) is 20.8 Å². The first-order valence-corrected chi connectivity index (χ1v) is 10.6. The van der Waals surface area contributed by atoms with Gasteiger partial charge in [0.25, 0.3) is 11.8 Å². The predicted molar refractivity (Wildman–Crippen MR) is 128 cm³/mol. The van der Waals surface area contributed by atoms with Crippen LogP contribution in [0.1, 0.15) is 29.2 Å². The van der Waals surface area contributed by atoms with Crippen LogP contribution in [0.15, 0.2) is 72.4 Å². The van der Waals surface area contributed by atoms with E-state index < -0.39 is 11.8 Å². The molecule has 2 amide bonds. The second-order valence-electron chi connectivity index (χ2n) is 7.81. The molecule has 1 aliphatic heterocycles. The first kappa shape index (κ1) is 21.8. The molecule has 3 aromatic carbocycles. The zero-order valence-corrected chi connectivity index (χ0v) is 18.7. The average molecular weight is 437 g/mol. The van der Waals surface area contributed by atoms with Gasteiger partial charge in [0.15, 0.2) is 0 Å². The second kappa shape index (κ2) is 9.01. The number of nitriles is 1. The lowest BCUT2D eigenvalue weighted by Crippen LogP contribution is -2.32. The van der Waals surface area contributed by atoms with Crippen LogP contribution >= 0.6 is 0 Å². The van der Waals surface area contributed by atoms with Gasteiger partial charge in [-0.15, -0.1) is 0 Å². The van der Waals surface area contributed by atoms with Crippen LogP contribution in [0.3, 0.4) is 0 Å². The van der Waals surface area contributed by atoms with Gasteiger partial charge in [0.2, 0.25) is 0 Å². The van der Waals surface area contributed by atoms with Crippen LogP contribution in [0.4, 0.5) is 11.4 Å². The summed E-state index contributed by atoms with van der Waals surface area (Å²) in [5, 5.41) is 12.3. The van der Waals surface area contributed by atoms with Crippen molar-refractivity contribution in [1.29, 1.82) is 5.26 Å². The van der Waals surface area contributed by atoms with Crippen molar-refractivity contribution in [3.05, 3.63) is 94.7 Å². The van der Waals surface area contributed by atoms with Gasteiger partial charge in [0.05, 0.1) is 29.5 Å². The minimum Gasteiger partial charge on any atom is -0.494 e. The Balaban J connectivity index is 1.80. The highest BCUT2D eigenvalue weighted by Gasteiger charge is 2.40. The number of hydrogen-bond acceptors (Lipinski definition) is 5. The summed E-state index contributed by atoms with van der Waals surface area (Å²) in [6.45, 7) is 6.39. The van der Waals surface area contributed by atoms with Crippen molar-refractivity contribution in [3.63, 3.8) is 0 Å². The van der Waals surface area contributed by atoms with Gasteiger partial charge in [0, 0.05) is 5.69 Å². The van der Waals surface area contributed by atoms with Gasteiger partial charge in [-0.1, -0.05) is 18.2 Å². The summed E-state index contributed by atoms with van der Waals surface area (Å²) in [5.74, 6) is -0.195. The molecule has 1 heterocycles. The van der Waals surface area contributed by atoms with Gasteiger partial charge in [-0.2, -0.15) is 5.26 Å². The van der Waals surface area contributed by atoms with E-state index in [0.717, 1.165) is 21.7 Å². The molecule has 4 rings (SSSR count). The first-order valence-electron chi connectivity index (χ1n) is 10.6. The number of benzene rings is 3. The molecule has 6 heteroatoms. The molecule has 33 heavy (non-hydrogen) atoms. The monoisotopic (exact) mass is 437 g/mol. The SMILES string of the molecule is CCOc1ccc(C2=C(Nc3cc(C)cc(C)c3)C(=O)N(c3ccc(C#N)cc3)C2=O)cc1. The molecule has 0 fully saturated rings.